The van der Waals surface area contributed by atoms with Gasteiger partial charge in [-0.15, -0.1) is 0 Å². The van der Waals surface area contributed by atoms with Gasteiger partial charge in [0.2, 0.25) is 0 Å². The number of carbonyl (C=O) groups is 1. The predicted molar refractivity (Wildman–Crippen MR) is 63.2 cm³/mol. The van der Waals surface area contributed by atoms with Crippen molar-refractivity contribution < 1.29 is 14.6 Å². The second-order valence-electron chi connectivity index (χ2n) is 4.42. The molecule has 0 saturated carbocycles. The summed E-state index contributed by atoms with van der Waals surface area (Å²) in [6.45, 7) is 2.37. The van der Waals surface area contributed by atoms with Crippen LogP contribution in [-0.2, 0) is 11.3 Å². The molecule has 1 aliphatic heterocycles. The Kier molecular flexibility index (Phi) is 2.37. The Hall–Kier alpha value is -1.81. The maximum atomic E-state index is 11.2. The van der Waals surface area contributed by atoms with Crippen LogP contribution >= 0.6 is 0 Å². The lowest BCUT2D eigenvalue weighted by atomic mass is 10.1. The molecule has 2 aromatic rings. The van der Waals surface area contributed by atoms with Crippen LogP contribution in [0.15, 0.2) is 30.5 Å². The molecule has 1 fully saturated rings. The molecule has 4 heteroatoms. The molecular formula is C13H13NO3. The number of rotatable bonds is 3. The first-order valence-corrected chi connectivity index (χ1v) is 5.64. The van der Waals surface area contributed by atoms with Gasteiger partial charge < -0.3 is 14.4 Å². The number of para-hydroxylation sites is 1. The molecule has 2 heterocycles. The molecule has 0 bridgehead atoms. The molecule has 1 aliphatic rings. The van der Waals surface area contributed by atoms with Gasteiger partial charge in [0, 0.05) is 29.6 Å². The topological polar surface area (TPSA) is 51.5 Å². The molecule has 1 N–H and O–H groups in total. The van der Waals surface area contributed by atoms with Gasteiger partial charge in [0.05, 0.1) is 18.8 Å². The fraction of sp³-hybridized carbons (Fsp3) is 0.308. The number of carboxylic acids is 1. The first kappa shape index (κ1) is 10.4. The van der Waals surface area contributed by atoms with Gasteiger partial charge in [-0.25, -0.2) is 4.79 Å². The molecule has 0 atom stereocenters. The predicted octanol–water partition coefficient (Wildman–Crippen LogP) is 1.99. The minimum absolute atomic E-state index is 0.376. The van der Waals surface area contributed by atoms with Crippen LogP contribution in [0.3, 0.4) is 0 Å². The Bertz CT molecular complexity index is 569. The van der Waals surface area contributed by atoms with Gasteiger partial charge in [-0.1, -0.05) is 18.2 Å². The fourth-order valence-corrected chi connectivity index (χ4v) is 2.24. The number of hydrogen-bond acceptors (Lipinski definition) is 2. The van der Waals surface area contributed by atoms with E-state index in [0.29, 0.717) is 11.5 Å². The van der Waals surface area contributed by atoms with Crippen molar-refractivity contribution in [2.75, 3.05) is 13.2 Å². The lowest BCUT2D eigenvalue weighted by molar-refractivity contribution is -0.0388. The highest BCUT2D eigenvalue weighted by Gasteiger charge is 2.21. The molecule has 1 aromatic carbocycles. The lowest BCUT2D eigenvalue weighted by Gasteiger charge is -2.26. The summed E-state index contributed by atoms with van der Waals surface area (Å²) in [6.07, 6.45) is 1.73. The summed E-state index contributed by atoms with van der Waals surface area (Å²) in [5, 5.41) is 9.97. The number of fused-ring (bicyclic) bond motifs is 1. The summed E-state index contributed by atoms with van der Waals surface area (Å²) in [5.74, 6) is -0.364. The average molecular weight is 231 g/mol. The van der Waals surface area contributed by atoms with Gasteiger partial charge in [0.25, 0.3) is 0 Å². The van der Waals surface area contributed by atoms with Gasteiger partial charge >= 0.3 is 5.97 Å². The Labute approximate surface area is 98.4 Å². The Morgan fingerprint density at radius 2 is 2.18 bits per heavy atom. The lowest BCUT2D eigenvalue weighted by Crippen LogP contribution is -2.31. The highest BCUT2D eigenvalue weighted by atomic mass is 16.5. The molecule has 1 aromatic heterocycles. The number of nitrogens with zero attached hydrogens (tertiary/aromatic N) is 1. The summed E-state index contributed by atoms with van der Waals surface area (Å²) in [5.41, 5.74) is 1.36. The summed E-state index contributed by atoms with van der Waals surface area (Å²) >= 11 is 0. The molecule has 0 spiro atoms. The summed E-state index contributed by atoms with van der Waals surface area (Å²) < 4.78 is 7.16. The second kappa shape index (κ2) is 3.89. The van der Waals surface area contributed by atoms with Gasteiger partial charge in [-0.05, 0) is 6.07 Å². The van der Waals surface area contributed by atoms with Crippen LogP contribution < -0.4 is 0 Å². The first-order chi connectivity index (χ1) is 8.25. The van der Waals surface area contributed by atoms with Gasteiger partial charge in [0.15, 0.2) is 0 Å². The van der Waals surface area contributed by atoms with E-state index in [4.69, 9.17) is 9.84 Å². The van der Waals surface area contributed by atoms with Crippen LogP contribution in [0.2, 0.25) is 0 Å². The van der Waals surface area contributed by atoms with Crippen LogP contribution in [0, 0.1) is 5.92 Å². The van der Waals surface area contributed by atoms with E-state index in [2.05, 4.69) is 0 Å². The van der Waals surface area contributed by atoms with Crippen molar-refractivity contribution in [1.29, 1.82) is 0 Å². The highest BCUT2D eigenvalue weighted by Crippen LogP contribution is 2.23. The van der Waals surface area contributed by atoms with E-state index in [1.807, 2.05) is 28.8 Å². The zero-order chi connectivity index (χ0) is 11.8. The first-order valence-electron chi connectivity index (χ1n) is 5.64. The van der Waals surface area contributed by atoms with Crippen molar-refractivity contribution in [3.63, 3.8) is 0 Å². The third-order valence-corrected chi connectivity index (χ3v) is 3.18. The number of hydrogen-bond donors (Lipinski definition) is 1. The van der Waals surface area contributed by atoms with Crippen LogP contribution in [0.1, 0.15) is 10.4 Å². The third-order valence-electron chi connectivity index (χ3n) is 3.18. The molecule has 0 radical (unpaired) electrons. The normalized spacial score (nSPS) is 16.0. The number of carboxylic acid groups (broad SMARTS) is 1. The fourth-order valence-electron chi connectivity index (χ4n) is 2.24. The van der Waals surface area contributed by atoms with E-state index < -0.39 is 5.97 Å². The second-order valence-corrected chi connectivity index (χ2v) is 4.42. The standard InChI is InChI=1S/C13H13NO3/c15-13(16)11-6-14(5-9-7-17-8-9)12-4-2-1-3-10(11)12/h1-4,6,9H,5,7-8H2,(H,15,16). The van der Waals surface area contributed by atoms with E-state index in [0.717, 1.165) is 30.7 Å². The molecule has 1 saturated heterocycles. The highest BCUT2D eigenvalue weighted by molar-refractivity contribution is 6.03. The third kappa shape index (κ3) is 1.70. The maximum absolute atomic E-state index is 11.2. The molecule has 4 nitrogen and oxygen atoms in total. The number of aromatic carboxylic acids is 1. The van der Waals surface area contributed by atoms with Gasteiger partial charge in [-0.2, -0.15) is 0 Å². The Morgan fingerprint density at radius 3 is 2.82 bits per heavy atom. The molecule has 88 valence electrons. The van der Waals surface area contributed by atoms with Crippen LogP contribution in [-0.4, -0.2) is 28.9 Å². The molecule has 0 unspecified atom stereocenters. The van der Waals surface area contributed by atoms with Gasteiger partial charge in [0.1, 0.15) is 0 Å². The summed E-state index contributed by atoms with van der Waals surface area (Å²) in [7, 11) is 0. The van der Waals surface area contributed by atoms with Crippen molar-refractivity contribution in [3.8, 4) is 0 Å². The van der Waals surface area contributed by atoms with E-state index >= 15 is 0 Å². The van der Waals surface area contributed by atoms with Crippen molar-refractivity contribution in [3.05, 3.63) is 36.0 Å². The molecule has 0 amide bonds. The SMILES string of the molecule is O=C(O)c1cn(CC2COC2)c2ccccc12. The van der Waals surface area contributed by atoms with Crippen molar-refractivity contribution in [2.24, 2.45) is 5.92 Å². The monoisotopic (exact) mass is 231 g/mol. The van der Waals surface area contributed by atoms with Crippen LogP contribution in [0.25, 0.3) is 10.9 Å². The largest absolute Gasteiger partial charge is 0.478 e. The summed E-state index contributed by atoms with van der Waals surface area (Å²) in [4.78, 5) is 11.2. The zero-order valence-corrected chi connectivity index (χ0v) is 9.30. The maximum Gasteiger partial charge on any atom is 0.337 e. The van der Waals surface area contributed by atoms with Gasteiger partial charge in [-0.3, -0.25) is 0 Å². The van der Waals surface area contributed by atoms with Crippen molar-refractivity contribution in [1.82, 2.24) is 4.57 Å². The minimum Gasteiger partial charge on any atom is -0.478 e. The van der Waals surface area contributed by atoms with E-state index in [1.54, 1.807) is 6.20 Å². The van der Waals surface area contributed by atoms with E-state index in [1.165, 1.54) is 0 Å². The van der Waals surface area contributed by atoms with Crippen LogP contribution in [0.4, 0.5) is 0 Å². The Morgan fingerprint density at radius 1 is 1.41 bits per heavy atom. The average Bonchev–Trinajstić information content (AvgIpc) is 2.63. The quantitative estimate of drug-likeness (QED) is 0.878. The number of aromatic nitrogens is 1. The molecule has 0 aliphatic carbocycles. The zero-order valence-electron chi connectivity index (χ0n) is 9.30. The van der Waals surface area contributed by atoms with Crippen molar-refractivity contribution >= 4 is 16.9 Å². The van der Waals surface area contributed by atoms with Crippen molar-refractivity contribution in [2.45, 2.75) is 6.54 Å². The molecular weight excluding hydrogens is 218 g/mol. The minimum atomic E-state index is -0.871. The Balaban J connectivity index is 2.07. The molecule has 3 rings (SSSR count). The number of benzene rings is 1. The molecule has 17 heavy (non-hydrogen) atoms. The summed E-state index contributed by atoms with van der Waals surface area (Å²) in [6, 6.07) is 7.61. The smallest absolute Gasteiger partial charge is 0.337 e. The van der Waals surface area contributed by atoms with Crippen LogP contribution in [0.5, 0.6) is 0 Å². The number of ether oxygens (including phenoxy) is 1. The van der Waals surface area contributed by atoms with E-state index in [9.17, 15) is 4.79 Å². The van der Waals surface area contributed by atoms with E-state index in [-0.39, 0.29) is 0 Å².